The van der Waals surface area contributed by atoms with Crippen LogP contribution in [0.4, 0.5) is 4.39 Å². The second-order valence-corrected chi connectivity index (χ2v) is 7.65. The molecule has 126 valence electrons. The van der Waals surface area contributed by atoms with Crippen LogP contribution < -0.4 is 14.8 Å². The number of benzene rings is 1. The first-order valence-electron chi connectivity index (χ1n) is 6.61. The average Bonchev–Trinajstić information content (AvgIpc) is 2.43. The number of nitrogens with one attached hydrogen (secondary N) is 2. The third-order valence-electron chi connectivity index (χ3n) is 3.63. The fourth-order valence-electron chi connectivity index (χ4n) is 2.29. The second-order valence-electron chi connectivity index (χ2n) is 5.12. The molecule has 2 unspecified atom stereocenters. The van der Waals surface area contributed by atoms with Gasteiger partial charge in [0.2, 0.25) is 10.0 Å². The lowest BCUT2D eigenvalue weighted by Gasteiger charge is -2.30. The van der Waals surface area contributed by atoms with Gasteiger partial charge >= 0.3 is 0 Å². The van der Waals surface area contributed by atoms with Crippen molar-refractivity contribution in [2.45, 2.75) is 24.3 Å². The van der Waals surface area contributed by atoms with Crippen LogP contribution in [0.1, 0.15) is 13.3 Å². The van der Waals surface area contributed by atoms with Crippen LogP contribution in [-0.2, 0) is 10.0 Å². The van der Waals surface area contributed by atoms with Crippen molar-refractivity contribution in [1.82, 2.24) is 10.0 Å². The molecule has 2 atom stereocenters. The van der Waals surface area contributed by atoms with Gasteiger partial charge in [0.15, 0.2) is 0 Å². The van der Waals surface area contributed by atoms with E-state index >= 15 is 0 Å². The number of hydrogen-bond acceptors (Lipinski definition) is 4. The molecule has 1 fully saturated rings. The van der Waals surface area contributed by atoms with E-state index in [1.165, 1.54) is 13.2 Å². The Morgan fingerprint density at radius 1 is 1.45 bits per heavy atom. The minimum absolute atomic E-state index is 0. The molecule has 0 aromatic heterocycles. The normalized spacial score (nSPS) is 22.0. The zero-order valence-electron chi connectivity index (χ0n) is 12.2. The number of rotatable bonds is 4. The average molecular weight is 418 g/mol. The van der Waals surface area contributed by atoms with Gasteiger partial charge in [0.05, 0.1) is 11.6 Å². The van der Waals surface area contributed by atoms with Crippen molar-refractivity contribution in [3.8, 4) is 5.75 Å². The summed E-state index contributed by atoms with van der Waals surface area (Å²) in [5, 5.41) is 3.15. The third-order valence-corrected chi connectivity index (χ3v) is 5.75. The molecule has 1 saturated heterocycles. The molecule has 1 aliphatic rings. The number of sulfonamides is 1. The summed E-state index contributed by atoms with van der Waals surface area (Å²) in [6, 6.07) is 2.05. The molecule has 0 saturated carbocycles. The summed E-state index contributed by atoms with van der Waals surface area (Å²) in [5.41, 5.74) is 0. The first-order chi connectivity index (χ1) is 9.85. The Bertz CT molecular complexity index is 630. The van der Waals surface area contributed by atoms with Gasteiger partial charge in [-0.05, 0) is 46.9 Å². The van der Waals surface area contributed by atoms with E-state index < -0.39 is 15.8 Å². The Morgan fingerprint density at radius 2 is 2.14 bits per heavy atom. The van der Waals surface area contributed by atoms with Gasteiger partial charge in [-0.3, -0.25) is 0 Å². The van der Waals surface area contributed by atoms with Crippen LogP contribution in [0.3, 0.4) is 0 Å². The lowest BCUT2D eigenvalue weighted by molar-refractivity contribution is 0.326. The maximum absolute atomic E-state index is 13.7. The van der Waals surface area contributed by atoms with E-state index in [-0.39, 0.29) is 39.5 Å². The molecule has 0 radical (unpaired) electrons. The fourth-order valence-corrected chi connectivity index (χ4v) is 4.12. The molecule has 0 amide bonds. The van der Waals surface area contributed by atoms with E-state index in [2.05, 4.69) is 26.0 Å². The Hall–Kier alpha value is -0.410. The molecule has 1 aromatic carbocycles. The predicted octanol–water partition coefficient (Wildman–Crippen LogP) is 2.29. The Labute approximate surface area is 144 Å². The highest BCUT2D eigenvalue weighted by atomic mass is 79.9. The molecule has 0 aliphatic carbocycles. The highest BCUT2D eigenvalue weighted by Crippen LogP contribution is 2.30. The van der Waals surface area contributed by atoms with Crippen LogP contribution >= 0.6 is 28.3 Å². The minimum atomic E-state index is -3.85. The number of piperidine rings is 1. The third kappa shape index (κ3) is 4.32. The van der Waals surface area contributed by atoms with E-state index in [1.807, 2.05) is 6.92 Å². The van der Waals surface area contributed by atoms with Crippen LogP contribution in [0.5, 0.6) is 5.75 Å². The van der Waals surface area contributed by atoms with Crippen LogP contribution in [0.15, 0.2) is 21.5 Å². The first-order valence-corrected chi connectivity index (χ1v) is 8.89. The Balaban J connectivity index is 0.00000242. The largest absolute Gasteiger partial charge is 0.495 e. The lowest BCUT2D eigenvalue weighted by atomic mass is 9.96. The monoisotopic (exact) mass is 416 g/mol. The van der Waals surface area contributed by atoms with Crippen LogP contribution in [0.2, 0.25) is 0 Å². The summed E-state index contributed by atoms with van der Waals surface area (Å²) in [4.78, 5) is -0.191. The molecule has 22 heavy (non-hydrogen) atoms. The molecule has 2 N–H and O–H groups in total. The lowest BCUT2D eigenvalue weighted by Crippen LogP contribution is -2.50. The van der Waals surface area contributed by atoms with Crippen molar-refractivity contribution in [2.75, 3.05) is 20.2 Å². The SMILES string of the molecule is COc1cc(Br)c(F)cc1S(=O)(=O)NC1CNCCC1C.Cl. The molecule has 0 spiro atoms. The standard InChI is InChI=1S/C13H18BrFN2O3S.ClH/c1-8-3-4-16-7-11(8)17-21(18,19)13-6-10(15)9(14)5-12(13)20-2;/h5-6,8,11,16-17H,3-4,7H2,1-2H3;1H. The van der Waals surface area contributed by atoms with Gasteiger partial charge in [0.25, 0.3) is 0 Å². The molecule has 1 aliphatic heterocycles. The van der Waals surface area contributed by atoms with Crippen molar-refractivity contribution < 1.29 is 17.5 Å². The highest BCUT2D eigenvalue weighted by molar-refractivity contribution is 9.10. The molecule has 1 heterocycles. The summed E-state index contributed by atoms with van der Waals surface area (Å²) in [5.74, 6) is -0.328. The smallest absolute Gasteiger partial charge is 0.244 e. The second kappa shape index (κ2) is 7.92. The maximum atomic E-state index is 13.7. The summed E-state index contributed by atoms with van der Waals surface area (Å²) in [6.45, 7) is 3.42. The topological polar surface area (TPSA) is 67.4 Å². The van der Waals surface area contributed by atoms with E-state index in [0.29, 0.717) is 6.54 Å². The summed E-state index contributed by atoms with van der Waals surface area (Å²) in [7, 11) is -2.50. The molecular weight excluding hydrogens is 399 g/mol. The molecule has 1 aromatic rings. The Kier molecular flexibility index (Phi) is 7.07. The van der Waals surface area contributed by atoms with Gasteiger partial charge in [-0.25, -0.2) is 17.5 Å². The van der Waals surface area contributed by atoms with Gasteiger partial charge in [-0.15, -0.1) is 12.4 Å². The molecular formula is C13H19BrClFN2O3S. The molecule has 5 nitrogen and oxygen atoms in total. The van der Waals surface area contributed by atoms with Crippen LogP contribution in [-0.4, -0.2) is 34.7 Å². The van der Waals surface area contributed by atoms with Crippen LogP contribution in [0.25, 0.3) is 0 Å². The van der Waals surface area contributed by atoms with Crippen molar-refractivity contribution in [1.29, 1.82) is 0 Å². The summed E-state index contributed by atoms with van der Waals surface area (Å²) < 4.78 is 46.5. The summed E-state index contributed by atoms with van der Waals surface area (Å²) >= 11 is 3.02. The zero-order valence-corrected chi connectivity index (χ0v) is 15.4. The predicted molar refractivity (Wildman–Crippen MR) is 88.7 cm³/mol. The van der Waals surface area contributed by atoms with Gasteiger partial charge in [-0.2, -0.15) is 0 Å². The first kappa shape index (κ1) is 19.6. The van der Waals surface area contributed by atoms with Gasteiger partial charge in [0.1, 0.15) is 16.5 Å². The number of hydrogen-bond donors (Lipinski definition) is 2. The number of methoxy groups -OCH3 is 1. The minimum Gasteiger partial charge on any atom is -0.495 e. The van der Waals surface area contributed by atoms with E-state index in [0.717, 1.165) is 19.0 Å². The maximum Gasteiger partial charge on any atom is 0.244 e. The quantitative estimate of drug-likeness (QED) is 0.789. The van der Waals surface area contributed by atoms with E-state index in [4.69, 9.17) is 4.74 Å². The Morgan fingerprint density at radius 3 is 2.73 bits per heavy atom. The number of ether oxygens (including phenoxy) is 1. The van der Waals surface area contributed by atoms with E-state index in [9.17, 15) is 12.8 Å². The van der Waals surface area contributed by atoms with Crippen LogP contribution in [0, 0.1) is 11.7 Å². The van der Waals surface area contributed by atoms with E-state index in [1.54, 1.807) is 0 Å². The molecule has 0 bridgehead atoms. The van der Waals surface area contributed by atoms with Crippen molar-refractivity contribution >= 4 is 38.4 Å². The van der Waals surface area contributed by atoms with Crippen molar-refractivity contribution in [2.24, 2.45) is 5.92 Å². The molecule has 9 heteroatoms. The van der Waals surface area contributed by atoms with Gasteiger partial charge in [0, 0.05) is 12.6 Å². The highest BCUT2D eigenvalue weighted by Gasteiger charge is 2.29. The van der Waals surface area contributed by atoms with Gasteiger partial charge < -0.3 is 10.1 Å². The molecule has 2 rings (SSSR count). The van der Waals surface area contributed by atoms with Crippen molar-refractivity contribution in [3.63, 3.8) is 0 Å². The summed E-state index contributed by atoms with van der Waals surface area (Å²) in [6.07, 6.45) is 0.888. The fraction of sp³-hybridized carbons (Fsp3) is 0.538. The van der Waals surface area contributed by atoms with Crippen molar-refractivity contribution in [3.05, 3.63) is 22.4 Å². The van der Waals surface area contributed by atoms with Gasteiger partial charge in [-0.1, -0.05) is 6.92 Å². The number of halogens is 3. The zero-order chi connectivity index (χ0) is 15.6.